The molecule has 154 valence electrons. The number of nitrogens with one attached hydrogen (secondary N) is 3. The number of hydrogen-bond acceptors (Lipinski definition) is 4. The summed E-state index contributed by atoms with van der Waals surface area (Å²) >= 11 is 0. The average molecular weight is 398 g/mol. The Morgan fingerprint density at radius 3 is 2.38 bits per heavy atom. The number of piperidine rings is 1. The van der Waals surface area contributed by atoms with Crippen LogP contribution in [-0.4, -0.2) is 41.9 Å². The summed E-state index contributed by atoms with van der Waals surface area (Å²) in [5.41, 5.74) is 2.22. The third-order valence-corrected chi connectivity index (χ3v) is 4.94. The van der Waals surface area contributed by atoms with E-state index in [0.29, 0.717) is 43.8 Å². The Morgan fingerprint density at radius 2 is 1.79 bits per heavy atom. The first-order valence-electron chi connectivity index (χ1n) is 9.66. The molecule has 1 aliphatic rings. The van der Waals surface area contributed by atoms with Gasteiger partial charge in [0.25, 0.3) is 5.91 Å². The van der Waals surface area contributed by atoms with Crippen molar-refractivity contribution in [2.75, 3.05) is 18.4 Å². The number of likely N-dealkylation sites (tertiary alicyclic amines) is 1. The summed E-state index contributed by atoms with van der Waals surface area (Å²) in [6, 6.07) is 8.93. The zero-order valence-corrected chi connectivity index (χ0v) is 16.7. The number of carbonyl (C=O) groups excluding carboxylic acids is 3. The summed E-state index contributed by atoms with van der Waals surface area (Å²) in [6.07, 6.45) is 2.92. The number of nitrogens with zero attached hydrogens (tertiary/aromatic N) is 1. The van der Waals surface area contributed by atoms with Gasteiger partial charge in [-0.25, -0.2) is 4.79 Å². The van der Waals surface area contributed by atoms with Crippen LogP contribution >= 0.6 is 0 Å². The fourth-order valence-corrected chi connectivity index (χ4v) is 3.31. The molecule has 1 aromatic heterocycles. The van der Waals surface area contributed by atoms with E-state index in [1.807, 2.05) is 12.1 Å². The molecule has 2 aromatic rings. The summed E-state index contributed by atoms with van der Waals surface area (Å²) in [7, 11) is 0. The molecule has 0 unspecified atom stereocenters. The number of rotatable bonds is 5. The van der Waals surface area contributed by atoms with Gasteiger partial charge in [-0.2, -0.15) is 0 Å². The first-order chi connectivity index (χ1) is 13.9. The van der Waals surface area contributed by atoms with Crippen molar-refractivity contribution in [2.24, 2.45) is 0 Å². The second-order valence-corrected chi connectivity index (χ2v) is 7.16. The number of anilines is 1. The molecule has 0 bridgehead atoms. The van der Waals surface area contributed by atoms with E-state index < -0.39 is 0 Å². The van der Waals surface area contributed by atoms with Crippen molar-refractivity contribution < 1.29 is 18.8 Å². The molecule has 3 rings (SSSR count). The van der Waals surface area contributed by atoms with Crippen LogP contribution in [0.1, 0.15) is 41.4 Å². The minimum atomic E-state index is -0.137. The van der Waals surface area contributed by atoms with E-state index in [4.69, 9.17) is 4.42 Å². The second kappa shape index (κ2) is 9.27. The molecule has 0 atom stereocenters. The predicted molar refractivity (Wildman–Crippen MR) is 108 cm³/mol. The Morgan fingerprint density at radius 1 is 1.10 bits per heavy atom. The molecule has 8 nitrogen and oxygen atoms in total. The maximum Gasteiger partial charge on any atom is 0.317 e. The Bertz CT molecular complexity index is 867. The molecular weight excluding hydrogens is 372 g/mol. The Labute approximate surface area is 169 Å². The van der Waals surface area contributed by atoms with Crippen molar-refractivity contribution in [1.82, 2.24) is 15.5 Å². The molecule has 0 aliphatic carbocycles. The first-order valence-corrected chi connectivity index (χ1v) is 9.66. The second-order valence-electron chi connectivity index (χ2n) is 7.16. The van der Waals surface area contributed by atoms with Crippen molar-refractivity contribution in [3.05, 3.63) is 53.5 Å². The van der Waals surface area contributed by atoms with E-state index in [0.717, 1.165) is 11.3 Å². The van der Waals surface area contributed by atoms with Crippen LogP contribution in [0.25, 0.3) is 0 Å². The normalized spacial score (nSPS) is 14.3. The zero-order chi connectivity index (χ0) is 20.8. The van der Waals surface area contributed by atoms with Gasteiger partial charge in [0.15, 0.2) is 0 Å². The topological polar surface area (TPSA) is 104 Å². The number of urea groups is 1. The predicted octanol–water partition coefficient (Wildman–Crippen LogP) is 2.65. The van der Waals surface area contributed by atoms with E-state index in [-0.39, 0.29) is 23.9 Å². The fourth-order valence-electron chi connectivity index (χ4n) is 3.31. The molecular formula is C21H26N4O4. The van der Waals surface area contributed by atoms with Gasteiger partial charge in [-0.1, -0.05) is 12.1 Å². The minimum absolute atomic E-state index is 0.0437. The van der Waals surface area contributed by atoms with Gasteiger partial charge in [0.2, 0.25) is 5.91 Å². The van der Waals surface area contributed by atoms with Gasteiger partial charge in [-0.3, -0.25) is 9.59 Å². The molecule has 2 heterocycles. The van der Waals surface area contributed by atoms with Crippen molar-refractivity contribution in [3.63, 3.8) is 0 Å². The molecule has 29 heavy (non-hydrogen) atoms. The minimum Gasteiger partial charge on any atom is -0.469 e. The number of carbonyl (C=O) groups is 3. The highest BCUT2D eigenvalue weighted by Gasteiger charge is 2.24. The monoisotopic (exact) mass is 398 g/mol. The van der Waals surface area contributed by atoms with Crippen LogP contribution < -0.4 is 16.0 Å². The number of amides is 4. The molecule has 8 heteroatoms. The lowest BCUT2D eigenvalue weighted by atomic mass is 10.0. The van der Waals surface area contributed by atoms with Crippen molar-refractivity contribution >= 4 is 23.5 Å². The summed E-state index contributed by atoms with van der Waals surface area (Å²) in [5, 5.41) is 8.63. The summed E-state index contributed by atoms with van der Waals surface area (Å²) in [5.74, 6) is 0.344. The quantitative estimate of drug-likeness (QED) is 0.720. The highest BCUT2D eigenvalue weighted by Crippen LogP contribution is 2.14. The van der Waals surface area contributed by atoms with E-state index in [2.05, 4.69) is 16.0 Å². The SMILES string of the molecule is CC(=O)Nc1ccc(CNC(=O)N2CCC(NC(=O)c3ccoc3C)CC2)cc1. The number of aryl methyl sites for hydroxylation is 1. The third kappa shape index (κ3) is 5.60. The van der Waals surface area contributed by atoms with Gasteiger partial charge in [0.1, 0.15) is 5.76 Å². The number of benzene rings is 1. The molecule has 1 aromatic carbocycles. The third-order valence-electron chi connectivity index (χ3n) is 4.94. The van der Waals surface area contributed by atoms with E-state index in [1.54, 1.807) is 30.0 Å². The molecule has 3 N–H and O–H groups in total. The van der Waals surface area contributed by atoms with Crippen LogP contribution in [0.2, 0.25) is 0 Å². The largest absolute Gasteiger partial charge is 0.469 e. The molecule has 0 radical (unpaired) electrons. The Kier molecular flexibility index (Phi) is 6.54. The molecule has 0 saturated carbocycles. The maximum atomic E-state index is 12.4. The molecule has 4 amide bonds. The van der Waals surface area contributed by atoms with Gasteiger partial charge >= 0.3 is 6.03 Å². The molecule has 1 fully saturated rings. The van der Waals surface area contributed by atoms with E-state index in [1.165, 1.54) is 13.2 Å². The lowest BCUT2D eigenvalue weighted by molar-refractivity contribution is -0.114. The number of furan rings is 1. The lowest BCUT2D eigenvalue weighted by Gasteiger charge is -2.32. The van der Waals surface area contributed by atoms with Crippen LogP contribution in [-0.2, 0) is 11.3 Å². The van der Waals surface area contributed by atoms with Gasteiger partial charge in [-0.15, -0.1) is 0 Å². The molecule has 1 saturated heterocycles. The van der Waals surface area contributed by atoms with Crippen LogP contribution in [0.5, 0.6) is 0 Å². The highest BCUT2D eigenvalue weighted by atomic mass is 16.3. The van der Waals surface area contributed by atoms with Gasteiger partial charge in [0.05, 0.1) is 11.8 Å². The van der Waals surface area contributed by atoms with Crippen molar-refractivity contribution in [2.45, 2.75) is 39.3 Å². The molecule has 0 spiro atoms. The van der Waals surface area contributed by atoms with E-state index in [9.17, 15) is 14.4 Å². The Balaban J connectivity index is 1.41. The van der Waals surface area contributed by atoms with Crippen LogP contribution in [0.3, 0.4) is 0 Å². The average Bonchev–Trinajstić information content (AvgIpc) is 3.13. The summed E-state index contributed by atoms with van der Waals surface area (Å²) in [6.45, 7) is 4.80. The fraction of sp³-hybridized carbons (Fsp3) is 0.381. The van der Waals surface area contributed by atoms with Crippen molar-refractivity contribution in [3.8, 4) is 0 Å². The van der Waals surface area contributed by atoms with Gasteiger partial charge < -0.3 is 25.3 Å². The standard InChI is InChI=1S/C21H26N4O4/c1-14-19(9-12-29-14)20(27)24-18-7-10-25(11-8-18)21(28)22-13-16-3-5-17(6-4-16)23-15(2)26/h3-6,9,12,18H,7-8,10-11,13H2,1-2H3,(H,22,28)(H,23,26)(H,24,27). The first kappa shape index (κ1) is 20.4. The number of hydrogen-bond donors (Lipinski definition) is 3. The smallest absolute Gasteiger partial charge is 0.317 e. The van der Waals surface area contributed by atoms with Crippen LogP contribution in [0.15, 0.2) is 41.0 Å². The molecule has 1 aliphatic heterocycles. The van der Waals surface area contributed by atoms with Gasteiger partial charge in [0, 0.05) is 38.3 Å². The van der Waals surface area contributed by atoms with Crippen LogP contribution in [0.4, 0.5) is 10.5 Å². The van der Waals surface area contributed by atoms with Gasteiger partial charge in [-0.05, 0) is 43.5 Å². The van der Waals surface area contributed by atoms with Crippen LogP contribution in [0, 0.1) is 6.92 Å². The summed E-state index contributed by atoms with van der Waals surface area (Å²) in [4.78, 5) is 37.5. The Hall–Kier alpha value is -3.29. The zero-order valence-electron chi connectivity index (χ0n) is 16.7. The maximum absolute atomic E-state index is 12.4. The summed E-state index contributed by atoms with van der Waals surface area (Å²) < 4.78 is 5.17. The highest BCUT2D eigenvalue weighted by molar-refractivity contribution is 5.95. The van der Waals surface area contributed by atoms with Crippen molar-refractivity contribution in [1.29, 1.82) is 0 Å². The lowest BCUT2D eigenvalue weighted by Crippen LogP contribution is -2.49. The van der Waals surface area contributed by atoms with E-state index >= 15 is 0 Å².